The van der Waals surface area contributed by atoms with E-state index >= 15 is 0 Å². The molecule has 0 spiro atoms. The van der Waals surface area contributed by atoms with Gasteiger partial charge in [-0.1, -0.05) is 19.9 Å². The zero-order chi connectivity index (χ0) is 14.9. The molecule has 0 saturated carbocycles. The van der Waals surface area contributed by atoms with Crippen molar-refractivity contribution in [3.8, 4) is 0 Å². The first kappa shape index (κ1) is 14.3. The molecule has 2 N–H and O–H groups in total. The monoisotopic (exact) mass is 294 g/mol. The van der Waals surface area contributed by atoms with Crippen LogP contribution in [0.5, 0.6) is 0 Å². The highest BCUT2D eigenvalue weighted by molar-refractivity contribution is 7.10. The summed E-state index contributed by atoms with van der Waals surface area (Å²) in [6.07, 6.45) is 1.10. The van der Waals surface area contributed by atoms with Crippen LogP contribution in [0, 0.1) is 0 Å². The van der Waals surface area contributed by atoms with Crippen molar-refractivity contribution in [2.45, 2.75) is 25.8 Å². The lowest BCUT2D eigenvalue weighted by atomic mass is 9.91. The zero-order valence-electron chi connectivity index (χ0n) is 11.0. The van der Waals surface area contributed by atoms with E-state index in [1.165, 1.54) is 4.57 Å². The maximum absolute atomic E-state index is 11.8. The lowest BCUT2D eigenvalue weighted by Crippen LogP contribution is -2.37. The zero-order valence-corrected chi connectivity index (χ0v) is 11.9. The molecule has 0 amide bonds. The van der Waals surface area contributed by atoms with Gasteiger partial charge in [-0.15, -0.1) is 11.3 Å². The summed E-state index contributed by atoms with van der Waals surface area (Å²) in [5.74, 6) is -1.35. The topological polar surface area (TPSA) is 92.2 Å². The van der Waals surface area contributed by atoms with Crippen LogP contribution in [0.1, 0.15) is 29.1 Å². The van der Waals surface area contributed by atoms with Crippen LogP contribution in [-0.2, 0) is 12.0 Å². The molecule has 6 nitrogen and oxygen atoms in total. The minimum absolute atomic E-state index is 0.281. The third kappa shape index (κ3) is 2.72. The predicted molar refractivity (Wildman–Crippen MR) is 75.6 cm³/mol. The van der Waals surface area contributed by atoms with Gasteiger partial charge in [-0.25, -0.2) is 9.59 Å². The number of H-pyrrole nitrogens is 1. The van der Waals surface area contributed by atoms with E-state index in [0.717, 1.165) is 11.1 Å². The summed E-state index contributed by atoms with van der Waals surface area (Å²) < 4.78 is 1.23. The van der Waals surface area contributed by atoms with Crippen molar-refractivity contribution < 1.29 is 9.90 Å². The van der Waals surface area contributed by atoms with Crippen LogP contribution in [0.15, 0.2) is 33.3 Å². The molecule has 0 atom stereocenters. The van der Waals surface area contributed by atoms with Crippen LogP contribution in [0.2, 0.25) is 0 Å². The summed E-state index contributed by atoms with van der Waals surface area (Å²) in [5, 5.41) is 10.9. The van der Waals surface area contributed by atoms with Crippen molar-refractivity contribution >= 4 is 17.3 Å². The van der Waals surface area contributed by atoms with E-state index in [9.17, 15) is 14.4 Å². The van der Waals surface area contributed by atoms with Crippen molar-refractivity contribution in [3.63, 3.8) is 0 Å². The maximum atomic E-state index is 11.8. The fourth-order valence-corrected chi connectivity index (χ4v) is 2.79. The van der Waals surface area contributed by atoms with Crippen molar-refractivity contribution in [1.29, 1.82) is 0 Å². The molecule has 0 unspecified atom stereocenters. The van der Waals surface area contributed by atoms with E-state index in [2.05, 4.69) is 0 Å². The average Bonchev–Trinajstić information content (AvgIpc) is 2.86. The smallest absolute Gasteiger partial charge is 0.342 e. The van der Waals surface area contributed by atoms with Crippen LogP contribution >= 0.6 is 11.3 Å². The highest BCUT2D eigenvalue weighted by Gasteiger charge is 2.24. The second kappa shape index (κ2) is 5.09. The van der Waals surface area contributed by atoms with Gasteiger partial charge in [-0.3, -0.25) is 14.3 Å². The van der Waals surface area contributed by atoms with Gasteiger partial charge in [0.15, 0.2) is 0 Å². The standard InChI is InChI=1S/C13H14N2O4S/c1-13(2,9-4-3-5-20-9)7-15-6-8(11(17)18)10(16)14-12(15)19/h3-6H,7H2,1-2H3,(H,17,18)(H,14,16,19). The number of thiophene rings is 1. The number of aromatic nitrogens is 2. The molecule has 7 heteroatoms. The predicted octanol–water partition coefficient (Wildman–Crippen LogP) is 1.27. The van der Waals surface area contributed by atoms with E-state index < -0.39 is 22.8 Å². The molecule has 0 radical (unpaired) electrons. The minimum atomic E-state index is -1.35. The van der Waals surface area contributed by atoms with Crippen LogP contribution < -0.4 is 11.2 Å². The highest BCUT2D eigenvalue weighted by Crippen LogP contribution is 2.28. The van der Waals surface area contributed by atoms with E-state index in [4.69, 9.17) is 5.11 Å². The van der Waals surface area contributed by atoms with E-state index in [-0.39, 0.29) is 12.0 Å². The number of carboxylic acid groups (broad SMARTS) is 1. The molecule has 0 saturated heterocycles. The number of nitrogens with zero attached hydrogens (tertiary/aromatic N) is 1. The Labute approximate surface area is 118 Å². The molecular weight excluding hydrogens is 280 g/mol. The van der Waals surface area contributed by atoms with Crippen LogP contribution in [0.3, 0.4) is 0 Å². The molecular formula is C13H14N2O4S. The Morgan fingerprint density at radius 3 is 2.70 bits per heavy atom. The number of carbonyl (C=O) groups is 1. The lowest BCUT2D eigenvalue weighted by Gasteiger charge is -2.24. The quantitative estimate of drug-likeness (QED) is 0.888. The molecule has 2 heterocycles. The summed E-state index contributed by atoms with van der Waals surface area (Å²) in [7, 11) is 0. The number of hydrogen-bond donors (Lipinski definition) is 2. The Kier molecular flexibility index (Phi) is 3.63. The van der Waals surface area contributed by atoms with Crippen molar-refractivity contribution in [2.24, 2.45) is 0 Å². The summed E-state index contributed by atoms with van der Waals surface area (Å²) in [6, 6.07) is 3.87. The van der Waals surface area contributed by atoms with E-state index in [1.54, 1.807) is 11.3 Å². The van der Waals surface area contributed by atoms with E-state index in [1.807, 2.05) is 36.3 Å². The summed E-state index contributed by atoms with van der Waals surface area (Å²) in [5.41, 5.74) is -2.27. The molecule has 2 rings (SSSR count). The number of nitrogens with one attached hydrogen (secondary N) is 1. The van der Waals surface area contributed by atoms with Crippen LogP contribution in [0.25, 0.3) is 0 Å². The fraction of sp³-hybridized carbons (Fsp3) is 0.308. The van der Waals surface area contributed by atoms with Gasteiger partial charge in [0, 0.05) is 23.0 Å². The van der Waals surface area contributed by atoms with Gasteiger partial charge in [-0.2, -0.15) is 0 Å². The molecule has 2 aromatic heterocycles. The third-order valence-corrected chi connectivity index (χ3v) is 4.23. The molecule has 0 aliphatic heterocycles. The average molecular weight is 294 g/mol. The van der Waals surface area contributed by atoms with Gasteiger partial charge >= 0.3 is 11.7 Å². The summed E-state index contributed by atoms with van der Waals surface area (Å²) >= 11 is 1.56. The Hall–Kier alpha value is -2.15. The Balaban J connectivity index is 2.44. The minimum Gasteiger partial charge on any atom is -0.477 e. The number of aromatic carboxylic acids is 1. The highest BCUT2D eigenvalue weighted by atomic mass is 32.1. The fourth-order valence-electron chi connectivity index (χ4n) is 1.95. The van der Waals surface area contributed by atoms with Gasteiger partial charge in [0.25, 0.3) is 5.56 Å². The Morgan fingerprint density at radius 2 is 2.15 bits per heavy atom. The number of aromatic amines is 1. The first-order valence-electron chi connectivity index (χ1n) is 5.92. The van der Waals surface area contributed by atoms with E-state index in [0.29, 0.717) is 0 Å². The molecule has 0 bridgehead atoms. The molecule has 0 aromatic carbocycles. The number of rotatable bonds is 4. The van der Waals surface area contributed by atoms with Crippen molar-refractivity contribution in [3.05, 3.63) is 55.0 Å². The van der Waals surface area contributed by atoms with Crippen molar-refractivity contribution in [1.82, 2.24) is 9.55 Å². The maximum Gasteiger partial charge on any atom is 0.342 e. The van der Waals surface area contributed by atoms with Crippen LogP contribution in [-0.4, -0.2) is 20.6 Å². The first-order valence-corrected chi connectivity index (χ1v) is 6.80. The lowest BCUT2D eigenvalue weighted by molar-refractivity contribution is 0.0693. The molecule has 2 aromatic rings. The molecule has 0 aliphatic carbocycles. The van der Waals surface area contributed by atoms with Crippen molar-refractivity contribution in [2.75, 3.05) is 0 Å². The van der Waals surface area contributed by atoms with Gasteiger partial charge in [0.1, 0.15) is 5.56 Å². The SMILES string of the molecule is CC(C)(Cn1cc(C(=O)O)c(=O)[nH]c1=O)c1cccs1. The third-order valence-electron chi connectivity index (χ3n) is 3.00. The Morgan fingerprint density at radius 1 is 1.45 bits per heavy atom. The first-order chi connectivity index (χ1) is 9.31. The molecule has 106 valence electrons. The van der Waals surface area contributed by atoms with Gasteiger partial charge in [-0.05, 0) is 11.4 Å². The second-order valence-electron chi connectivity index (χ2n) is 5.10. The van der Waals surface area contributed by atoms with Crippen LogP contribution in [0.4, 0.5) is 0 Å². The van der Waals surface area contributed by atoms with Gasteiger partial charge in [0.05, 0.1) is 0 Å². The largest absolute Gasteiger partial charge is 0.477 e. The normalized spacial score (nSPS) is 11.5. The number of carboxylic acids is 1. The number of hydrogen-bond acceptors (Lipinski definition) is 4. The van der Waals surface area contributed by atoms with Gasteiger partial charge < -0.3 is 5.11 Å². The summed E-state index contributed by atoms with van der Waals surface area (Å²) in [4.78, 5) is 37.2. The van der Waals surface area contributed by atoms with Gasteiger partial charge in [0.2, 0.25) is 0 Å². The second-order valence-corrected chi connectivity index (χ2v) is 6.04. The molecule has 0 fully saturated rings. The molecule has 0 aliphatic rings. The Bertz CT molecular complexity index is 740. The molecule has 20 heavy (non-hydrogen) atoms. The summed E-state index contributed by atoms with van der Waals surface area (Å²) in [6.45, 7) is 4.19.